The number of thioether (sulfide) groups is 1. The van der Waals surface area contributed by atoms with Crippen molar-refractivity contribution in [1.82, 2.24) is 4.90 Å². The molecule has 0 aliphatic carbocycles. The van der Waals surface area contributed by atoms with E-state index < -0.39 is 0 Å². The van der Waals surface area contributed by atoms with Crippen molar-refractivity contribution in [1.29, 1.82) is 5.26 Å². The molecule has 1 aliphatic heterocycles. The predicted molar refractivity (Wildman–Crippen MR) is 102 cm³/mol. The molecule has 3 rings (SSSR count). The van der Waals surface area contributed by atoms with Gasteiger partial charge >= 0.3 is 0 Å². The van der Waals surface area contributed by atoms with Crippen molar-refractivity contribution in [3.63, 3.8) is 0 Å². The molecule has 1 aliphatic rings. The maximum Gasteiger partial charge on any atom is 0.256 e. The Hall–Kier alpha value is -2.78. The van der Waals surface area contributed by atoms with Gasteiger partial charge in [0.25, 0.3) is 5.91 Å². The van der Waals surface area contributed by atoms with Gasteiger partial charge in [-0.2, -0.15) is 5.26 Å². The molecule has 6 heteroatoms. The summed E-state index contributed by atoms with van der Waals surface area (Å²) in [6.07, 6.45) is 2.13. The molecule has 1 saturated heterocycles. The first kappa shape index (κ1) is 18.0. The third-order valence-corrected chi connectivity index (χ3v) is 5.25. The molecule has 0 saturated carbocycles. The minimum Gasteiger partial charge on any atom is -0.342 e. The molecule has 2 aromatic rings. The average molecular weight is 365 g/mol. The Morgan fingerprint density at radius 3 is 2.65 bits per heavy atom. The van der Waals surface area contributed by atoms with Crippen molar-refractivity contribution in [3.05, 3.63) is 59.7 Å². The first-order valence-electron chi connectivity index (χ1n) is 8.48. The summed E-state index contributed by atoms with van der Waals surface area (Å²) in [5.41, 5.74) is 1.58. The number of anilines is 1. The number of hydrogen-bond acceptors (Lipinski definition) is 4. The minimum atomic E-state index is -0.253. The van der Waals surface area contributed by atoms with E-state index in [4.69, 9.17) is 5.26 Å². The largest absolute Gasteiger partial charge is 0.342 e. The Kier molecular flexibility index (Phi) is 5.92. The molecule has 0 radical (unpaired) electrons. The van der Waals surface area contributed by atoms with Gasteiger partial charge in [0.15, 0.2) is 0 Å². The minimum absolute atomic E-state index is 0.115. The van der Waals surface area contributed by atoms with Gasteiger partial charge in [0.1, 0.15) is 0 Å². The summed E-state index contributed by atoms with van der Waals surface area (Å²) >= 11 is 1.38. The SMILES string of the molecule is N#Cc1cccc(NC(=O)c2ccccc2SCC(=O)N2CCCC2)c1. The summed E-state index contributed by atoms with van der Waals surface area (Å²) in [6.45, 7) is 1.66. The van der Waals surface area contributed by atoms with E-state index in [1.54, 1.807) is 36.4 Å². The molecule has 0 aromatic heterocycles. The molecule has 26 heavy (non-hydrogen) atoms. The quantitative estimate of drug-likeness (QED) is 0.823. The van der Waals surface area contributed by atoms with Gasteiger partial charge < -0.3 is 10.2 Å². The lowest BCUT2D eigenvalue weighted by Gasteiger charge is -2.15. The van der Waals surface area contributed by atoms with Crippen LogP contribution in [0.4, 0.5) is 5.69 Å². The normalized spacial score (nSPS) is 13.3. The fourth-order valence-electron chi connectivity index (χ4n) is 2.84. The summed E-state index contributed by atoms with van der Waals surface area (Å²) in [5.74, 6) is 0.190. The summed E-state index contributed by atoms with van der Waals surface area (Å²) < 4.78 is 0. The number of rotatable bonds is 5. The highest BCUT2D eigenvalue weighted by Gasteiger charge is 2.19. The van der Waals surface area contributed by atoms with Crippen LogP contribution in [0.3, 0.4) is 0 Å². The van der Waals surface area contributed by atoms with Crippen molar-refractivity contribution in [2.24, 2.45) is 0 Å². The molecule has 1 heterocycles. The molecule has 2 aromatic carbocycles. The van der Waals surface area contributed by atoms with Crippen LogP contribution in [0.5, 0.6) is 0 Å². The fraction of sp³-hybridized carbons (Fsp3) is 0.250. The van der Waals surface area contributed by atoms with Crippen molar-refractivity contribution in [2.45, 2.75) is 17.7 Å². The highest BCUT2D eigenvalue weighted by molar-refractivity contribution is 8.00. The van der Waals surface area contributed by atoms with Gasteiger partial charge in [-0.3, -0.25) is 9.59 Å². The molecule has 1 N–H and O–H groups in total. The van der Waals surface area contributed by atoms with Crippen LogP contribution in [-0.2, 0) is 4.79 Å². The van der Waals surface area contributed by atoms with Gasteiger partial charge in [0.2, 0.25) is 5.91 Å². The van der Waals surface area contributed by atoms with Crippen LogP contribution in [0.25, 0.3) is 0 Å². The zero-order valence-corrected chi connectivity index (χ0v) is 15.1. The van der Waals surface area contributed by atoms with Crippen LogP contribution in [-0.4, -0.2) is 35.6 Å². The fourth-order valence-corrected chi connectivity index (χ4v) is 3.79. The molecular formula is C20H19N3O2S. The molecule has 1 fully saturated rings. The number of nitrogens with zero attached hydrogens (tertiary/aromatic N) is 2. The molecule has 0 atom stereocenters. The van der Waals surface area contributed by atoms with E-state index in [9.17, 15) is 9.59 Å². The monoisotopic (exact) mass is 365 g/mol. The second-order valence-electron chi connectivity index (χ2n) is 6.02. The predicted octanol–water partition coefficient (Wildman–Crippen LogP) is 3.53. The number of hydrogen-bond donors (Lipinski definition) is 1. The molecule has 2 amide bonds. The van der Waals surface area contributed by atoms with Crippen molar-refractivity contribution < 1.29 is 9.59 Å². The topological polar surface area (TPSA) is 73.2 Å². The summed E-state index contributed by atoms with van der Waals surface area (Å²) in [5, 5.41) is 11.8. The lowest BCUT2D eigenvalue weighted by atomic mass is 10.2. The zero-order valence-electron chi connectivity index (χ0n) is 14.3. The number of nitriles is 1. The molecule has 0 unspecified atom stereocenters. The second-order valence-corrected chi connectivity index (χ2v) is 7.04. The first-order valence-corrected chi connectivity index (χ1v) is 9.47. The van der Waals surface area contributed by atoms with Crippen LogP contribution in [0.15, 0.2) is 53.4 Å². The highest BCUT2D eigenvalue weighted by Crippen LogP contribution is 2.25. The maximum absolute atomic E-state index is 12.6. The van der Waals surface area contributed by atoms with E-state index in [-0.39, 0.29) is 11.8 Å². The van der Waals surface area contributed by atoms with E-state index >= 15 is 0 Å². The molecule has 132 valence electrons. The van der Waals surface area contributed by atoms with Gasteiger partial charge in [-0.05, 0) is 43.2 Å². The van der Waals surface area contributed by atoms with Crippen molar-refractivity contribution in [2.75, 3.05) is 24.2 Å². The van der Waals surface area contributed by atoms with Crippen LogP contribution in [0.1, 0.15) is 28.8 Å². The number of carbonyl (C=O) groups excluding carboxylic acids is 2. The Bertz CT molecular complexity index is 854. The lowest BCUT2D eigenvalue weighted by molar-refractivity contribution is -0.127. The van der Waals surface area contributed by atoms with Gasteiger partial charge in [-0.15, -0.1) is 11.8 Å². The third-order valence-electron chi connectivity index (χ3n) is 4.19. The summed E-state index contributed by atoms with van der Waals surface area (Å²) in [6, 6.07) is 16.1. The first-order chi connectivity index (χ1) is 12.7. The number of amides is 2. The Balaban J connectivity index is 1.68. The van der Waals surface area contributed by atoms with Crippen LogP contribution < -0.4 is 5.32 Å². The third kappa shape index (κ3) is 4.44. The number of carbonyl (C=O) groups is 2. The number of nitrogens with one attached hydrogen (secondary N) is 1. The van der Waals surface area contributed by atoms with Crippen LogP contribution >= 0.6 is 11.8 Å². The molecular weight excluding hydrogens is 346 g/mol. The van der Waals surface area contributed by atoms with Gasteiger partial charge in [-0.1, -0.05) is 18.2 Å². The second kappa shape index (κ2) is 8.54. The Labute approximate surface area is 157 Å². The summed E-state index contributed by atoms with van der Waals surface area (Å²) in [4.78, 5) is 27.5. The van der Waals surface area contributed by atoms with E-state index in [1.165, 1.54) is 11.8 Å². The molecule has 0 spiro atoms. The lowest BCUT2D eigenvalue weighted by Crippen LogP contribution is -2.29. The standard InChI is InChI=1S/C20H19N3O2S/c21-13-15-6-5-7-16(12-15)22-20(25)17-8-1-2-9-18(17)26-14-19(24)23-10-3-4-11-23/h1-2,5-9,12H,3-4,10-11,14H2,(H,22,25). The highest BCUT2D eigenvalue weighted by atomic mass is 32.2. The van der Waals surface area contributed by atoms with Gasteiger partial charge in [0, 0.05) is 23.7 Å². The summed E-state index contributed by atoms with van der Waals surface area (Å²) in [7, 11) is 0. The van der Waals surface area contributed by atoms with Crippen LogP contribution in [0.2, 0.25) is 0 Å². The molecule has 5 nitrogen and oxygen atoms in total. The zero-order chi connectivity index (χ0) is 18.4. The average Bonchev–Trinajstić information content (AvgIpc) is 3.21. The number of benzene rings is 2. The van der Waals surface area contributed by atoms with Gasteiger partial charge in [-0.25, -0.2) is 0 Å². The van der Waals surface area contributed by atoms with Gasteiger partial charge in [0.05, 0.1) is 22.9 Å². The van der Waals surface area contributed by atoms with E-state index in [0.717, 1.165) is 30.8 Å². The smallest absolute Gasteiger partial charge is 0.256 e. The van der Waals surface area contributed by atoms with Crippen LogP contribution in [0, 0.1) is 11.3 Å². The van der Waals surface area contributed by atoms with Crippen molar-refractivity contribution >= 4 is 29.3 Å². The Morgan fingerprint density at radius 2 is 1.88 bits per heavy atom. The Morgan fingerprint density at radius 1 is 1.12 bits per heavy atom. The number of likely N-dealkylation sites (tertiary alicyclic amines) is 1. The molecule has 0 bridgehead atoms. The van der Waals surface area contributed by atoms with E-state index in [1.807, 2.05) is 17.0 Å². The van der Waals surface area contributed by atoms with E-state index in [0.29, 0.717) is 22.6 Å². The van der Waals surface area contributed by atoms with Crippen molar-refractivity contribution in [3.8, 4) is 6.07 Å². The maximum atomic E-state index is 12.6. The van der Waals surface area contributed by atoms with E-state index in [2.05, 4.69) is 11.4 Å².